The predicted molar refractivity (Wildman–Crippen MR) is 73.3 cm³/mol. The molecule has 0 saturated heterocycles. The fraction of sp³-hybridized carbons (Fsp3) is 0.571. The maximum absolute atomic E-state index is 6.20. The summed E-state index contributed by atoms with van der Waals surface area (Å²) in [6.07, 6.45) is 3.73. The number of benzene rings is 1. The molecule has 1 aliphatic carbocycles. The Balaban J connectivity index is 1.85. The van der Waals surface area contributed by atoms with Crippen LogP contribution in [0.4, 0.5) is 0 Å². The summed E-state index contributed by atoms with van der Waals surface area (Å²) in [6, 6.07) is 8.81. The second-order valence-corrected chi connectivity index (χ2v) is 5.25. The monoisotopic (exact) mass is 252 g/mol. The van der Waals surface area contributed by atoms with Crippen LogP contribution >= 0.6 is 11.6 Å². The van der Waals surface area contributed by atoms with E-state index in [2.05, 4.69) is 17.9 Å². The number of halogens is 1. The van der Waals surface area contributed by atoms with Gasteiger partial charge in [-0.05, 0) is 43.5 Å². The van der Waals surface area contributed by atoms with Crippen LogP contribution in [0.1, 0.15) is 37.8 Å². The minimum Gasteiger partial charge on any atom is -0.324 e. The van der Waals surface area contributed by atoms with E-state index in [1.54, 1.807) is 0 Å². The van der Waals surface area contributed by atoms with Crippen molar-refractivity contribution in [1.29, 1.82) is 0 Å². The molecule has 0 spiro atoms. The van der Waals surface area contributed by atoms with Crippen LogP contribution in [0.5, 0.6) is 0 Å². The van der Waals surface area contributed by atoms with Crippen LogP contribution in [0.3, 0.4) is 0 Å². The van der Waals surface area contributed by atoms with Crippen molar-refractivity contribution < 1.29 is 0 Å². The molecule has 1 atom stereocenters. The highest BCUT2D eigenvalue weighted by Crippen LogP contribution is 2.27. The second-order valence-electron chi connectivity index (χ2n) is 4.81. The zero-order valence-corrected chi connectivity index (χ0v) is 11.2. The van der Waals surface area contributed by atoms with Crippen molar-refractivity contribution in [1.82, 2.24) is 4.90 Å². The summed E-state index contributed by atoms with van der Waals surface area (Å²) < 4.78 is 0. The molecule has 0 bridgehead atoms. The third kappa shape index (κ3) is 3.70. The minimum atomic E-state index is 0.0986. The van der Waals surface area contributed by atoms with Gasteiger partial charge in [-0.1, -0.05) is 30.7 Å². The Morgan fingerprint density at radius 1 is 1.47 bits per heavy atom. The van der Waals surface area contributed by atoms with Gasteiger partial charge in [-0.2, -0.15) is 0 Å². The van der Waals surface area contributed by atoms with Crippen molar-refractivity contribution in [2.75, 3.05) is 13.1 Å². The van der Waals surface area contributed by atoms with Gasteiger partial charge in [0.1, 0.15) is 0 Å². The Kier molecular flexibility index (Phi) is 4.43. The summed E-state index contributed by atoms with van der Waals surface area (Å²) in [5, 5.41) is 0.771. The molecular weight excluding hydrogens is 232 g/mol. The highest BCUT2D eigenvalue weighted by atomic mass is 35.5. The molecule has 0 amide bonds. The zero-order valence-electron chi connectivity index (χ0n) is 10.4. The van der Waals surface area contributed by atoms with E-state index in [0.29, 0.717) is 0 Å². The molecule has 0 aromatic heterocycles. The smallest absolute Gasteiger partial charge is 0.0409 e. The molecule has 1 fully saturated rings. The zero-order chi connectivity index (χ0) is 12.3. The molecule has 1 saturated carbocycles. The summed E-state index contributed by atoms with van der Waals surface area (Å²) in [5.41, 5.74) is 7.35. The van der Waals surface area contributed by atoms with E-state index in [4.69, 9.17) is 17.3 Å². The highest BCUT2D eigenvalue weighted by Gasteiger charge is 2.27. The molecule has 94 valence electrons. The molecule has 2 nitrogen and oxygen atoms in total. The molecular formula is C14H21ClN2. The molecule has 1 aromatic carbocycles. The summed E-state index contributed by atoms with van der Waals surface area (Å²) in [5.74, 6) is 0. The lowest BCUT2D eigenvalue weighted by atomic mass is 10.0. The lowest BCUT2D eigenvalue weighted by molar-refractivity contribution is 0.266. The van der Waals surface area contributed by atoms with Crippen LogP contribution in [0.15, 0.2) is 24.3 Å². The van der Waals surface area contributed by atoms with Crippen molar-refractivity contribution in [3.05, 3.63) is 34.9 Å². The van der Waals surface area contributed by atoms with Gasteiger partial charge < -0.3 is 10.6 Å². The topological polar surface area (TPSA) is 29.3 Å². The summed E-state index contributed by atoms with van der Waals surface area (Å²) >= 11 is 5.97. The fourth-order valence-corrected chi connectivity index (χ4v) is 2.45. The van der Waals surface area contributed by atoms with Crippen LogP contribution in [0, 0.1) is 0 Å². The van der Waals surface area contributed by atoms with E-state index < -0.39 is 0 Å². The molecule has 1 aromatic rings. The molecule has 0 heterocycles. The quantitative estimate of drug-likeness (QED) is 0.843. The van der Waals surface area contributed by atoms with E-state index in [0.717, 1.165) is 36.1 Å². The van der Waals surface area contributed by atoms with E-state index >= 15 is 0 Å². The van der Waals surface area contributed by atoms with Gasteiger partial charge >= 0.3 is 0 Å². The van der Waals surface area contributed by atoms with Crippen molar-refractivity contribution in [2.45, 2.75) is 38.3 Å². The maximum Gasteiger partial charge on any atom is 0.0409 e. The Hall–Kier alpha value is -0.570. The standard InChI is InChI=1S/C14H21ClN2/c1-2-17(13-6-7-13)9-8-14(16)11-4-3-5-12(15)10-11/h3-5,10,13-14H,2,6-9,16H2,1H3. The normalized spacial score (nSPS) is 17.4. The van der Waals surface area contributed by atoms with Crippen LogP contribution in [0.25, 0.3) is 0 Å². The second kappa shape index (κ2) is 5.85. The van der Waals surface area contributed by atoms with Crippen molar-refractivity contribution in [3.63, 3.8) is 0 Å². The summed E-state index contributed by atoms with van der Waals surface area (Å²) in [4.78, 5) is 2.53. The van der Waals surface area contributed by atoms with Gasteiger partial charge in [-0.25, -0.2) is 0 Å². The number of hydrogen-bond donors (Lipinski definition) is 1. The SMILES string of the molecule is CCN(CCC(N)c1cccc(Cl)c1)C1CC1. The van der Waals surface area contributed by atoms with Gasteiger partial charge in [0, 0.05) is 23.7 Å². The first kappa shape index (κ1) is 12.9. The molecule has 2 N–H and O–H groups in total. The van der Waals surface area contributed by atoms with E-state index in [1.807, 2.05) is 18.2 Å². The molecule has 1 unspecified atom stereocenters. The van der Waals surface area contributed by atoms with E-state index in [9.17, 15) is 0 Å². The van der Waals surface area contributed by atoms with Crippen molar-refractivity contribution in [2.24, 2.45) is 5.73 Å². The van der Waals surface area contributed by atoms with Gasteiger partial charge in [0.25, 0.3) is 0 Å². The Morgan fingerprint density at radius 2 is 2.24 bits per heavy atom. The predicted octanol–water partition coefficient (Wildman–Crippen LogP) is 3.21. The first-order valence-corrected chi connectivity index (χ1v) is 6.83. The van der Waals surface area contributed by atoms with Gasteiger partial charge in [-0.15, -0.1) is 0 Å². The van der Waals surface area contributed by atoms with E-state index in [-0.39, 0.29) is 6.04 Å². The number of nitrogens with zero attached hydrogens (tertiary/aromatic N) is 1. The first-order chi connectivity index (χ1) is 8.20. The molecule has 17 heavy (non-hydrogen) atoms. The third-order valence-corrected chi connectivity index (χ3v) is 3.71. The Bertz CT molecular complexity index is 363. The third-order valence-electron chi connectivity index (χ3n) is 3.47. The van der Waals surface area contributed by atoms with Crippen LogP contribution in [-0.4, -0.2) is 24.0 Å². The van der Waals surface area contributed by atoms with Gasteiger partial charge in [-0.3, -0.25) is 0 Å². The Morgan fingerprint density at radius 3 is 2.82 bits per heavy atom. The lowest BCUT2D eigenvalue weighted by Gasteiger charge is -2.22. The average Bonchev–Trinajstić information content (AvgIpc) is 3.14. The van der Waals surface area contributed by atoms with Crippen LogP contribution < -0.4 is 5.73 Å². The molecule has 1 aliphatic rings. The number of hydrogen-bond acceptors (Lipinski definition) is 2. The highest BCUT2D eigenvalue weighted by molar-refractivity contribution is 6.30. The molecule has 3 heteroatoms. The molecule has 0 aliphatic heterocycles. The summed E-state index contributed by atoms with van der Waals surface area (Å²) in [6.45, 7) is 4.45. The maximum atomic E-state index is 6.20. The van der Waals surface area contributed by atoms with Gasteiger partial charge in [0.2, 0.25) is 0 Å². The fourth-order valence-electron chi connectivity index (χ4n) is 2.25. The number of nitrogens with two attached hydrogens (primary N) is 1. The summed E-state index contributed by atoms with van der Waals surface area (Å²) in [7, 11) is 0. The average molecular weight is 253 g/mol. The lowest BCUT2D eigenvalue weighted by Crippen LogP contribution is -2.29. The van der Waals surface area contributed by atoms with Gasteiger partial charge in [0.15, 0.2) is 0 Å². The number of rotatable bonds is 6. The van der Waals surface area contributed by atoms with Crippen molar-refractivity contribution in [3.8, 4) is 0 Å². The van der Waals surface area contributed by atoms with Crippen LogP contribution in [0.2, 0.25) is 5.02 Å². The van der Waals surface area contributed by atoms with Crippen LogP contribution in [-0.2, 0) is 0 Å². The van der Waals surface area contributed by atoms with Gasteiger partial charge in [0.05, 0.1) is 0 Å². The van der Waals surface area contributed by atoms with E-state index in [1.165, 1.54) is 12.8 Å². The first-order valence-electron chi connectivity index (χ1n) is 6.45. The largest absolute Gasteiger partial charge is 0.324 e. The van der Waals surface area contributed by atoms with Crippen molar-refractivity contribution >= 4 is 11.6 Å². The molecule has 0 radical (unpaired) electrons. The molecule has 2 rings (SSSR count). The minimum absolute atomic E-state index is 0.0986. The Labute approximate surface area is 109 Å².